The molecular formula is C30H28N4O3. The number of anilines is 2. The minimum atomic E-state index is -0.0228. The van der Waals surface area contributed by atoms with Gasteiger partial charge in [0.1, 0.15) is 22.7 Å². The van der Waals surface area contributed by atoms with Gasteiger partial charge in [-0.25, -0.2) is 9.97 Å². The molecule has 1 N–H and O–H groups in total. The van der Waals surface area contributed by atoms with E-state index in [4.69, 9.17) is 14.1 Å². The summed E-state index contributed by atoms with van der Waals surface area (Å²) in [5.41, 5.74) is 5.17. The van der Waals surface area contributed by atoms with E-state index in [0.29, 0.717) is 29.3 Å². The summed E-state index contributed by atoms with van der Waals surface area (Å²) in [4.78, 5) is 24.6. The van der Waals surface area contributed by atoms with Gasteiger partial charge in [-0.05, 0) is 54.7 Å². The van der Waals surface area contributed by atoms with Gasteiger partial charge in [-0.1, -0.05) is 48.5 Å². The molecule has 0 aliphatic carbocycles. The fraction of sp³-hybridized carbons (Fsp3) is 0.233. The molecule has 1 saturated heterocycles. The second-order valence-corrected chi connectivity index (χ2v) is 9.50. The molecule has 6 rings (SSSR count). The van der Waals surface area contributed by atoms with Gasteiger partial charge >= 0.3 is 0 Å². The number of carbonyl (C=O) groups is 1. The number of hydrogen-bond donors (Lipinski definition) is 1. The Balaban J connectivity index is 1.16. The third-order valence-electron chi connectivity index (χ3n) is 6.96. The van der Waals surface area contributed by atoms with Crippen LogP contribution < -0.4 is 15.0 Å². The third-order valence-corrected chi connectivity index (χ3v) is 6.96. The van der Waals surface area contributed by atoms with Gasteiger partial charge in [-0.3, -0.25) is 4.79 Å². The zero-order chi connectivity index (χ0) is 25.4. The first kappa shape index (κ1) is 23.0. The molecule has 1 aliphatic rings. The number of nitrogens with zero attached hydrogens (tertiary/aromatic N) is 3. The maximum absolute atomic E-state index is 13.0. The number of benzene rings is 3. The van der Waals surface area contributed by atoms with Crippen molar-refractivity contribution in [2.45, 2.75) is 19.8 Å². The minimum absolute atomic E-state index is 0.0228. The highest BCUT2D eigenvalue weighted by Gasteiger charge is 2.29. The minimum Gasteiger partial charge on any atom is -0.495 e. The predicted octanol–water partition coefficient (Wildman–Crippen LogP) is 6.22. The summed E-state index contributed by atoms with van der Waals surface area (Å²) in [6, 6.07) is 23.9. The summed E-state index contributed by atoms with van der Waals surface area (Å²) in [6.45, 7) is 3.46. The SMILES string of the molecule is COc1cc(-c2ccccc2)ccc1NC(=O)C[C@H]1CCN(c2nc(C)nc3c2oc2ccccc23)C1. The molecule has 3 aromatic carbocycles. The number of aromatic nitrogens is 2. The van der Waals surface area contributed by atoms with E-state index in [1.54, 1.807) is 7.11 Å². The third kappa shape index (κ3) is 4.48. The normalized spacial score (nSPS) is 15.4. The molecule has 0 spiro atoms. The number of aryl methyl sites for hydroxylation is 1. The van der Waals surface area contributed by atoms with Gasteiger partial charge in [-0.15, -0.1) is 0 Å². The number of para-hydroxylation sites is 1. The van der Waals surface area contributed by atoms with Crippen LogP contribution in [0.15, 0.2) is 77.2 Å². The van der Waals surface area contributed by atoms with Gasteiger partial charge in [0.25, 0.3) is 0 Å². The highest BCUT2D eigenvalue weighted by atomic mass is 16.5. The number of amides is 1. The molecule has 0 bridgehead atoms. The highest BCUT2D eigenvalue weighted by molar-refractivity contribution is 6.05. The summed E-state index contributed by atoms with van der Waals surface area (Å²) in [5.74, 6) is 2.35. The molecule has 37 heavy (non-hydrogen) atoms. The monoisotopic (exact) mass is 492 g/mol. The Morgan fingerprint density at radius 2 is 1.86 bits per heavy atom. The zero-order valence-electron chi connectivity index (χ0n) is 20.9. The van der Waals surface area contributed by atoms with E-state index in [-0.39, 0.29) is 11.8 Å². The molecular weight excluding hydrogens is 464 g/mol. The Kier molecular flexibility index (Phi) is 5.96. The van der Waals surface area contributed by atoms with Crippen LogP contribution in [0.1, 0.15) is 18.7 Å². The van der Waals surface area contributed by atoms with Crippen molar-refractivity contribution in [3.63, 3.8) is 0 Å². The first-order chi connectivity index (χ1) is 18.1. The van der Waals surface area contributed by atoms with E-state index >= 15 is 0 Å². The van der Waals surface area contributed by atoms with E-state index in [2.05, 4.69) is 27.3 Å². The maximum atomic E-state index is 13.0. The van der Waals surface area contributed by atoms with E-state index in [1.807, 2.05) is 67.6 Å². The van der Waals surface area contributed by atoms with Gasteiger partial charge in [-0.2, -0.15) is 0 Å². The van der Waals surface area contributed by atoms with Crippen LogP contribution in [-0.4, -0.2) is 36.1 Å². The predicted molar refractivity (Wildman–Crippen MR) is 146 cm³/mol. The molecule has 0 unspecified atom stereocenters. The fourth-order valence-corrected chi connectivity index (χ4v) is 5.16. The van der Waals surface area contributed by atoms with E-state index in [9.17, 15) is 4.79 Å². The first-order valence-corrected chi connectivity index (χ1v) is 12.5. The number of methoxy groups -OCH3 is 1. The van der Waals surface area contributed by atoms with Gasteiger partial charge in [0, 0.05) is 24.9 Å². The fourth-order valence-electron chi connectivity index (χ4n) is 5.16. The van der Waals surface area contributed by atoms with Crippen LogP contribution in [0.25, 0.3) is 33.2 Å². The Bertz CT molecular complexity index is 1600. The van der Waals surface area contributed by atoms with Crippen molar-refractivity contribution in [3.8, 4) is 16.9 Å². The van der Waals surface area contributed by atoms with Crippen LogP contribution in [0.5, 0.6) is 5.75 Å². The maximum Gasteiger partial charge on any atom is 0.224 e. The molecule has 1 atom stereocenters. The lowest BCUT2D eigenvalue weighted by Crippen LogP contribution is -2.23. The Morgan fingerprint density at radius 1 is 1.05 bits per heavy atom. The summed E-state index contributed by atoms with van der Waals surface area (Å²) in [6.07, 6.45) is 1.33. The number of furan rings is 1. The van der Waals surface area contributed by atoms with Crippen LogP contribution in [0.4, 0.5) is 11.5 Å². The second kappa shape index (κ2) is 9.58. The first-order valence-electron chi connectivity index (χ1n) is 12.5. The van der Waals surface area contributed by atoms with E-state index in [1.165, 1.54) is 0 Å². The van der Waals surface area contributed by atoms with Gasteiger partial charge in [0.2, 0.25) is 5.91 Å². The number of carbonyl (C=O) groups excluding carboxylic acids is 1. The Labute approximate surface area is 215 Å². The van der Waals surface area contributed by atoms with Gasteiger partial charge in [0.15, 0.2) is 11.4 Å². The molecule has 0 saturated carbocycles. The molecule has 5 aromatic rings. The standard InChI is InChI=1S/C30H28N4O3/c1-19-31-28-23-10-6-7-11-25(23)37-29(28)30(32-19)34-15-14-20(18-34)16-27(35)33-24-13-12-22(17-26(24)36-2)21-8-4-3-5-9-21/h3-13,17,20H,14-16,18H2,1-2H3,(H,33,35)/t20-/m1/s1. The average Bonchev–Trinajstić information content (AvgIpc) is 3.53. The molecule has 7 nitrogen and oxygen atoms in total. The van der Waals surface area contributed by atoms with E-state index in [0.717, 1.165) is 52.9 Å². The van der Waals surface area contributed by atoms with Crippen molar-refractivity contribution in [1.82, 2.24) is 9.97 Å². The number of fused-ring (bicyclic) bond motifs is 3. The Hall–Kier alpha value is -4.39. The summed E-state index contributed by atoms with van der Waals surface area (Å²) >= 11 is 0. The molecule has 1 fully saturated rings. The molecule has 7 heteroatoms. The largest absolute Gasteiger partial charge is 0.495 e. The molecule has 1 amide bonds. The van der Waals surface area contributed by atoms with Crippen molar-refractivity contribution in [2.75, 3.05) is 30.4 Å². The van der Waals surface area contributed by atoms with Gasteiger partial charge in [0.05, 0.1) is 12.8 Å². The molecule has 2 aromatic heterocycles. The van der Waals surface area contributed by atoms with Crippen molar-refractivity contribution >= 4 is 39.5 Å². The lowest BCUT2D eigenvalue weighted by molar-refractivity contribution is -0.116. The number of nitrogens with one attached hydrogen (secondary N) is 1. The number of rotatable bonds is 6. The van der Waals surface area contributed by atoms with Crippen molar-refractivity contribution < 1.29 is 13.9 Å². The second-order valence-electron chi connectivity index (χ2n) is 9.50. The summed E-state index contributed by atoms with van der Waals surface area (Å²) in [7, 11) is 1.62. The number of ether oxygens (including phenoxy) is 1. The highest BCUT2D eigenvalue weighted by Crippen LogP contribution is 2.36. The van der Waals surface area contributed by atoms with Crippen LogP contribution in [0.2, 0.25) is 0 Å². The quantitative estimate of drug-likeness (QED) is 0.303. The van der Waals surface area contributed by atoms with Crippen molar-refractivity contribution in [1.29, 1.82) is 0 Å². The molecule has 0 radical (unpaired) electrons. The average molecular weight is 493 g/mol. The lowest BCUT2D eigenvalue weighted by atomic mass is 10.0. The summed E-state index contributed by atoms with van der Waals surface area (Å²) < 4.78 is 11.7. The summed E-state index contributed by atoms with van der Waals surface area (Å²) in [5, 5.41) is 4.04. The zero-order valence-corrected chi connectivity index (χ0v) is 20.9. The van der Waals surface area contributed by atoms with Crippen LogP contribution in [0.3, 0.4) is 0 Å². The Morgan fingerprint density at radius 3 is 2.70 bits per heavy atom. The topological polar surface area (TPSA) is 80.5 Å². The van der Waals surface area contributed by atoms with Crippen molar-refractivity contribution in [2.24, 2.45) is 5.92 Å². The van der Waals surface area contributed by atoms with E-state index < -0.39 is 0 Å². The van der Waals surface area contributed by atoms with Crippen LogP contribution in [0, 0.1) is 12.8 Å². The molecule has 186 valence electrons. The smallest absolute Gasteiger partial charge is 0.224 e. The molecule has 1 aliphatic heterocycles. The van der Waals surface area contributed by atoms with Gasteiger partial charge < -0.3 is 19.4 Å². The van der Waals surface area contributed by atoms with Crippen molar-refractivity contribution in [3.05, 3.63) is 78.6 Å². The number of hydrogen-bond acceptors (Lipinski definition) is 6. The van der Waals surface area contributed by atoms with Crippen LogP contribution in [-0.2, 0) is 4.79 Å². The van der Waals surface area contributed by atoms with Crippen LogP contribution >= 0.6 is 0 Å². The molecule has 3 heterocycles. The lowest BCUT2D eigenvalue weighted by Gasteiger charge is -2.18.